The number of ether oxygens (including phenoxy) is 1. The number of rotatable bonds is 6. The maximum absolute atomic E-state index is 13.4. The molecule has 0 heterocycles. The summed E-state index contributed by atoms with van der Waals surface area (Å²) in [6, 6.07) is 2.46. The average molecular weight is 306 g/mol. The fourth-order valence-corrected chi connectivity index (χ4v) is 1.67. The zero-order valence-corrected chi connectivity index (χ0v) is 11.1. The summed E-state index contributed by atoms with van der Waals surface area (Å²) in [5.74, 6) is -1.99. The van der Waals surface area contributed by atoms with Crippen molar-refractivity contribution in [2.75, 3.05) is 13.1 Å². The molecule has 1 unspecified atom stereocenters. The summed E-state index contributed by atoms with van der Waals surface area (Å²) in [7, 11) is 0. The summed E-state index contributed by atoms with van der Waals surface area (Å²) < 4.78 is 32.2. The highest BCUT2D eigenvalue weighted by atomic mass is 79.9. The van der Waals surface area contributed by atoms with Crippen molar-refractivity contribution in [3.63, 3.8) is 0 Å². The quantitative estimate of drug-likeness (QED) is 0.495. The summed E-state index contributed by atoms with van der Waals surface area (Å²) in [6.45, 7) is 6.50. The van der Waals surface area contributed by atoms with Gasteiger partial charge in [-0.2, -0.15) is 4.39 Å². The van der Waals surface area contributed by atoms with Gasteiger partial charge in [0.25, 0.3) is 0 Å². The Morgan fingerprint density at radius 2 is 2.24 bits per heavy atom. The summed E-state index contributed by atoms with van der Waals surface area (Å²) in [4.78, 5) is 0. The Bertz CT molecular complexity index is 398. The third-order valence-corrected chi connectivity index (χ3v) is 2.47. The van der Waals surface area contributed by atoms with Crippen molar-refractivity contribution >= 4 is 15.9 Å². The summed E-state index contributed by atoms with van der Waals surface area (Å²) >= 11 is 3.09. The third kappa shape index (κ3) is 4.44. The van der Waals surface area contributed by atoms with Crippen molar-refractivity contribution in [1.29, 1.82) is 0 Å². The Kier molecular flexibility index (Phi) is 5.58. The topological polar surface area (TPSA) is 21.3 Å². The largest absolute Gasteiger partial charge is 0.486 e. The van der Waals surface area contributed by atoms with Crippen LogP contribution in [0.15, 0.2) is 29.3 Å². The molecule has 0 aliphatic carbocycles. The first-order valence-electron chi connectivity index (χ1n) is 5.17. The zero-order chi connectivity index (χ0) is 12.8. The highest BCUT2D eigenvalue weighted by molar-refractivity contribution is 9.10. The van der Waals surface area contributed by atoms with E-state index >= 15 is 0 Å². The summed E-state index contributed by atoms with van der Waals surface area (Å²) in [5.41, 5.74) is 0. The van der Waals surface area contributed by atoms with Gasteiger partial charge in [0.2, 0.25) is 5.82 Å². The molecular weight excluding hydrogens is 292 g/mol. The molecule has 5 heteroatoms. The lowest BCUT2D eigenvalue weighted by Crippen LogP contribution is -2.29. The SMILES string of the molecule is C=CCNCC(C)Oc1cc(Br)cc(F)c1F. The van der Waals surface area contributed by atoms with E-state index in [9.17, 15) is 8.78 Å². The lowest BCUT2D eigenvalue weighted by Gasteiger charge is -2.15. The minimum absolute atomic E-state index is 0.0928. The zero-order valence-electron chi connectivity index (χ0n) is 9.47. The first-order valence-corrected chi connectivity index (χ1v) is 5.96. The molecule has 0 saturated heterocycles. The molecule has 0 amide bonds. The fraction of sp³-hybridized carbons (Fsp3) is 0.333. The van der Waals surface area contributed by atoms with Crippen LogP contribution in [0, 0.1) is 11.6 Å². The van der Waals surface area contributed by atoms with Gasteiger partial charge in [0.1, 0.15) is 6.10 Å². The number of halogens is 3. The van der Waals surface area contributed by atoms with Gasteiger partial charge in [-0.1, -0.05) is 22.0 Å². The van der Waals surface area contributed by atoms with Crippen LogP contribution in [0.25, 0.3) is 0 Å². The van der Waals surface area contributed by atoms with E-state index in [-0.39, 0.29) is 11.9 Å². The predicted molar refractivity (Wildman–Crippen MR) is 67.2 cm³/mol. The molecule has 0 fully saturated rings. The monoisotopic (exact) mass is 305 g/mol. The van der Waals surface area contributed by atoms with Crippen molar-refractivity contribution in [2.45, 2.75) is 13.0 Å². The van der Waals surface area contributed by atoms with Gasteiger partial charge in [0.15, 0.2) is 11.6 Å². The number of benzene rings is 1. The molecule has 0 spiro atoms. The second kappa shape index (κ2) is 6.71. The second-order valence-electron chi connectivity index (χ2n) is 3.58. The van der Waals surface area contributed by atoms with Crippen LogP contribution in [0.1, 0.15) is 6.92 Å². The van der Waals surface area contributed by atoms with Crippen LogP contribution >= 0.6 is 15.9 Å². The van der Waals surface area contributed by atoms with E-state index < -0.39 is 11.6 Å². The van der Waals surface area contributed by atoms with E-state index in [2.05, 4.69) is 27.8 Å². The van der Waals surface area contributed by atoms with Crippen LogP contribution < -0.4 is 10.1 Å². The standard InChI is InChI=1S/C12H14BrF2NO/c1-3-4-16-7-8(2)17-11-6-9(13)5-10(14)12(11)15/h3,5-6,8,16H,1,4,7H2,2H3. The Balaban J connectivity index is 2.64. The summed E-state index contributed by atoms with van der Waals surface area (Å²) in [5, 5.41) is 3.03. The molecule has 0 aliphatic heterocycles. The molecule has 0 bridgehead atoms. The van der Waals surface area contributed by atoms with Crippen molar-refractivity contribution in [3.05, 3.63) is 40.9 Å². The van der Waals surface area contributed by atoms with Crippen LogP contribution in [-0.2, 0) is 0 Å². The van der Waals surface area contributed by atoms with Crippen molar-refractivity contribution in [3.8, 4) is 5.75 Å². The Hall–Kier alpha value is -0.940. The van der Waals surface area contributed by atoms with Gasteiger partial charge in [0.05, 0.1) is 0 Å². The minimum Gasteiger partial charge on any atom is -0.486 e. The third-order valence-electron chi connectivity index (χ3n) is 2.01. The molecule has 0 aromatic heterocycles. The molecule has 17 heavy (non-hydrogen) atoms. The average Bonchev–Trinajstić information content (AvgIpc) is 2.25. The van der Waals surface area contributed by atoms with Gasteiger partial charge >= 0.3 is 0 Å². The first kappa shape index (κ1) is 14.1. The molecule has 94 valence electrons. The van der Waals surface area contributed by atoms with Crippen molar-refractivity contribution in [1.82, 2.24) is 5.32 Å². The molecule has 1 N–H and O–H groups in total. The maximum atomic E-state index is 13.4. The van der Waals surface area contributed by atoms with Gasteiger partial charge in [0, 0.05) is 17.6 Å². The number of hydrogen-bond acceptors (Lipinski definition) is 2. The van der Waals surface area contributed by atoms with E-state index in [1.165, 1.54) is 6.07 Å². The van der Waals surface area contributed by atoms with Gasteiger partial charge in [-0.3, -0.25) is 0 Å². The number of nitrogens with one attached hydrogen (secondary N) is 1. The highest BCUT2D eigenvalue weighted by Gasteiger charge is 2.13. The van der Waals surface area contributed by atoms with Crippen molar-refractivity contribution < 1.29 is 13.5 Å². The van der Waals surface area contributed by atoms with Crippen molar-refractivity contribution in [2.24, 2.45) is 0 Å². The molecule has 1 aromatic rings. The van der Waals surface area contributed by atoms with Crippen LogP contribution in [0.4, 0.5) is 8.78 Å². The van der Waals surface area contributed by atoms with Gasteiger partial charge in [-0.25, -0.2) is 4.39 Å². The van der Waals surface area contributed by atoms with Gasteiger partial charge in [-0.15, -0.1) is 6.58 Å². The lowest BCUT2D eigenvalue weighted by atomic mass is 10.3. The van der Waals surface area contributed by atoms with Gasteiger partial charge < -0.3 is 10.1 Å². The molecule has 1 atom stereocenters. The molecule has 1 aromatic carbocycles. The van der Waals surface area contributed by atoms with E-state index in [1.807, 2.05) is 0 Å². The Morgan fingerprint density at radius 3 is 2.88 bits per heavy atom. The van der Waals surface area contributed by atoms with Crippen LogP contribution in [0.2, 0.25) is 0 Å². The molecule has 0 radical (unpaired) electrons. The Labute approximate surface area is 108 Å². The molecule has 1 rings (SSSR count). The normalized spacial score (nSPS) is 12.2. The minimum atomic E-state index is -0.969. The maximum Gasteiger partial charge on any atom is 0.200 e. The molecule has 0 aliphatic rings. The van der Waals surface area contributed by atoms with Gasteiger partial charge in [-0.05, 0) is 19.1 Å². The highest BCUT2D eigenvalue weighted by Crippen LogP contribution is 2.26. The fourth-order valence-electron chi connectivity index (χ4n) is 1.27. The Morgan fingerprint density at radius 1 is 1.53 bits per heavy atom. The lowest BCUT2D eigenvalue weighted by molar-refractivity contribution is 0.206. The number of hydrogen-bond donors (Lipinski definition) is 1. The van der Waals surface area contributed by atoms with Crippen LogP contribution in [0.5, 0.6) is 5.75 Å². The second-order valence-corrected chi connectivity index (χ2v) is 4.49. The first-order chi connectivity index (χ1) is 8.04. The molecule has 2 nitrogen and oxygen atoms in total. The predicted octanol–water partition coefficient (Wildman–Crippen LogP) is 3.27. The van der Waals surface area contributed by atoms with Crippen LogP contribution in [0.3, 0.4) is 0 Å². The molecule has 0 saturated carbocycles. The van der Waals surface area contributed by atoms with E-state index in [0.29, 0.717) is 17.6 Å². The van der Waals surface area contributed by atoms with Crippen LogP contribution in [-0.4, -0.2) is 19.2 Å². The van der Waals surface area contributed by atoms with E-state index in [4.69, 9.17) is 4.74 Å². The smallest absolute Gasteiger partial charge is 0.200 e. The van der Waals surface area contributed by atoms with E-state index in [1.54, 1.807) is 13.0 Å². The molecular formula is C12H14BrF2NO. The summed E-state index contributed by atoms with van der Waals surface area (Å²) in [6.07, 6.45) is 1.45. The van der Waals surface area contributed by atoms with E-state index in [0.717, 1.165) is 6.07 Å².